The summed E-state index contributed by atoms with van der Waals surface area (Å²) in [4.78, 5) is 12.5. The first kappa shape index (κ1) is 19.5. The Morgan fingerprint density at radius 1 is 1.07 bits per heavy atom. The number of benzene rings is 2. The van der Waals surface area contributed by atoms with Crippen molar-refractivity contribution in [3.05, 3.63) is 65.7 Å². The molecule has 7 heteroatoms. The molecule has 1 saturated heterocycles. The highest BCUT2D eigenvalue weighted by atomic mass is 32.2. The van der Waals surface area contributed by atoms with Crippen LogP contribution in [-0.2, 0) is 10.0 Å². The molecule has 0 aromatic heterocycles. The highest BCUT2D eigenvalue weighted by Crippen LogP contribution is 2.26. The van der Waals surface area contributed by atoms with Gasteiger partial charge < -0.3 is 0 Å². The molecule has 0 spiro atoms. The SMILES string of the molecule is CC[C@@H]1CN(S(=O)(=O)c2ccc(C)cc2)C[C@@H]1NNC(=O)c1ccccc1. The van der Waals surface area contributed by atoms with Crippen molar-refractivity contribution in [2.24, 2.45) is 5.92 Å². The fourth-order valence-electron chi connectivity index (χ4n) is 3.28. The normalized spacial score (nSPS) is 20.5. The van der Waals surface area contributed by atoms with Crippen molar-refractivity contribution in [2.45, 2.75) is 31.2 Å². The third-order valence-corrected chi connectivity index (χ3v) is 6.84. The zero-order valence-corrected chi connectivity index (χ0v) is 16.4. The molecule has 1 aliphatic heterocycles. The number of aryl methyl sites for hydroxylation is 1. The monoisotopic (exact) mass is 387 g/mol. The van der Waals surface area contributed by atoms with Crippen molar-refractivity contribution >= 4 is 15.9 Å². The highest BCUT2D eigenvalue weighted by molar-refractivity contribution is 7.89. The van der Waals surface area contributed by atoms with Crippen molar-refractivity contribution in [3.8, 4) is 0 Å². The molecule has 0 radical (unpaired) electrons. The van der Waals surface area contributed by atoms with Gasteiger partial charge in [-0.15, -0.1) is 0 Å². The molecule has 3 rings (SSSR count). The van der Waals surface area contributed by atoms with Gasteiger partial charge >= 0.3 is 0 Å². The average Bonchev–Trinajstić information content (AvgIpc) is 3.11. The van der Waals surface area contributed by atoms with Crippen LogP contribution in [0.2, 0.25) is 0 Å². The van der Waals surface area contributed by atoms with E-state index in [0.717, 1.165) is 12.0 Å². The van der Waals surface area contributed by atoms with Crippen LogP contribution in [-0.4, -0.2) is 37.8 Å². The number of hydrogen-bond acceptors (Lipinski definition) is 4. The Balaban J connectivity index is 1.68. The van der Waals surface area contributed by atoms with Crippen molar-refractivity contribution in [1.82, 2.24) is 15.2 Å². The van der Waals surface area contributed by atoms with Gasteiger partial charge in [-0.05, 0) is 37.1 Å². The number of nitrogens with one attached hydrogen (secondary N) is 2. The Hall–Kier alpha value is -2.22. The van der Waals surface area contributed by atoms with Gasteiger partial charge in [0.15, 0.2) is 0 Å². The molecule has 0 saturated carbocycles. The number of sulfonamides is 1. The third kappa shape index (κ3) is 4.37. The first-order valence-electron chi connectivity index (χ1n) is 9.09. The topological polar surface area (TPSA) is 78.5 Å². The smallest absolute Gasteiger partial charge is 0.265 e. The Bertz CT molecular complexity index is 882. The summed E-state index contributed by atoms with van der Waals surface area (Å²) in [5.74, 6) is -0.105. The maximum atomic E-state index is 12.9. The van der Waals surface area contributed by atoms with Crippen molar-refractivity contribution in [2.75, 3.05) is 13.1 Å². The van der Waals surface area contributed by atoms with Crippen molar-refractivity contribution in [1.29, 1.82) is 0 Å². The van der Waals surface area contributed by atoms with Gasteiger partial charge in [-0.3, -0.25) is 10.2 Å². The lowest BCUT2D eigenvalue weighted by Gasteiger charge is -2.19. The second-order valence-electron chi connectivity index (χ2n) is 6.87. The molecule has 144 valence electrons. The Morgan fingerprint density at radius 2 is 1.74 bits per heavy atom. The molecule has 1 aliphatic rings. The summed E-state index contributed by atoms with van der Waals surface area (Å²) in [6, 6.07) is 15.7. The van der Waals surface area contributed by atoms with Crippen molar-refractivity contribution < 1.29 is 13.2 Å². The van der Waals surface area contributed by atoms with E-state index in [1.165, 1.54) is 4.31 Å². The molecule has 1 fully saturated rings. The molecule has 6 nitrogen and oxygen atoms in total. The van der Waals surface area contributed by atoms with Gasteiger partial charge in [0.1, 0.15) is 0 Å². The predicted molar refractivity (Wildman–Crippen MR) is 105 cm³/mol. The second kappa shape index (κ2) is 8.21. The third-order valence-electron chi connectivity index (χ3n) is 5.00. The van der Waals surface area contributed by atoms with E-state index in [9.17, 15) is 13.2 Å². The van der Waals surface area contributed by atoms with Gasteiger partial charge in [0.05, 0.1) is 4.90 Å². The molecule has 2 aromatic carbocycles. The first-order chi connectivity index (χ1) is 12.9. The predicted octanol–water partition coefficient (Wildman–Crippen LogP) is 2.33. The van der Waals surface area contributed by atoms with Gasteiger partial charge in [-0.25, -0.2) is 13.8 Å². The van der Waals surface area contributed by atoms with Crippen LogP contribution in [0.3, 0.4) is 0 Å². The molecular formula is C20H25N3O3S. The minimum Gasteiger partial charge on any atom is -0.287 e. The summed E-state index contributed by atoms with van der Waals surface area (Å²) < 4.78 is 27.3. The summed E-state index contributed by atoms with van der Waals surface area (Å²) in [5, 5.41) is 0. The molecular weight excluding hydrogens is 362 g/mol. The van der Waals surface area contributed by atoms with Crippen LogP contribution in [0.15, 0.2) is 59.5 Å². The number of hydrogen-bond donors (Lipinski definition) is 2. The molecule has 2 atom stereocenters. The summed E-state index contributed by atoms with van der Waals surface area (Å²) in [5.41, 5.74) is 7.33. The number of nitrogens with zero attached hydrogens (tertiary/aromatic N) is 1. The fourth-order valence-corrected chi connectivity index (χ4v) is 4.81. The van der Waals surface area contributed by atoms with Gasteiger partial charge in [-0.1, -0.05) is 49.2 Å². The van der Waals surface area contributed by atoms with Crippen LogP contribution >= 0.6 is 0 Å². The number of rotatable bonds is 6. The van der Waals surface area contributed by atoms with Crippen LogP contribution in [0.5, 0.6) is 0 Å². The van der Waals surface area contributed by atoms with E-state index in [1.54, 1.807) is 48.5 Å². The van der Waals surface area contributed by atoms with Crippen molar-refractivity contribution in [3.63, 3.8) is 0 Å². The second-order valence-corrected chi connectivity index (χ2v) is 8.81. The molecule has 2 N–H and O–H groups in total. The Labute approximate surface area is 160 Å². The van der Waals surface area contributed by atoms with E-state index in [4.69, 9.17) is 0 Å². The average molecular weight is 388 g/mol. The molecule has 0 bridgehead atoms. The van der Waals surface area contributed by atoms with Crippen LogP contribution in [0.1, 0.15) is 29.3 Å². The van der Waals surface area contributed by atoms with Crippen LogP contribution in [0, 0.1) is 12.8 Å². The van der Waals surface area contributed by atoms with E-state index >= 15 is 0 Å². The van der Waals surface area contributed by atoms with Crippen LogP contribution in [0.4, 0.5) is 0 Å². The van der Waals surface area contributed by atoms with E-state index in [1.807, 2.05) is 19.9 Å². The molecule has 1 heterocycles. The van der Waals surface area contributed by atoms with E-state index in [0.29, 0.717) is 23.5 Å². The lowest BCUT2D eigenvalue weighted by Crippen LogP contribution is -2.48. The number of carbonyl (C=O) groups is 1. The van der Waals surface area contributed by atoms with Crippen LogP contribution in [0.25, 0.3) is 0 Å². The summed E-state index contributed by atoms with van der Waals surface area (Å²) in [6.45, 7) is 4.71. The van der Waals surface area contributed by atoms with E-state index < -0.39 is 10.0 Å². The molecule has 1 amide bonds. The maximum Gasteiger partial charge on any atom is 0.265 e. The fraction of sp³-hybridized carbons (Fsp3) is 0.350. The van der Waals surface area contributed by atoms with Gasteiger partial charge in [-0.2, -0.15) is 4.31 Å². The van der Waals surface area contributed by atoms with Gasteiger partial charge in [0.2, 0.25) is 10.0 Å². The minimum absolute atomic E-state index is 0.126. The molecule has 0 unspecified atom stereocenters. The zero-order chi connectivity index (χ0) is 19.4. The highest BCUT2D eigenvalue weighted by Gasteiger charge is 2.38. The number of amides is 1. The lowest BCUT2D eigenvalue weighted by molar-refractivity contribution is 0.0921. The number of carbonyl (C=O) groups excluding carboxylic acids is 1. The lowest BCUT2D eigenvalue weighted by atomic mass is 10.0. The van der Waals surface area contributed by atoms with E-state index in [2.05, 4.69) is 10.9 Å². The minimum atomic E-state index is -3.54. The summed E-state index contributed by atoms with van der Waals surface area (Å²) in [6.07, 6.45) is 0.818. The summed E-state index contributed by atoms with van der Waals surface area (Å²) >= 11 is 0. The Morgan fingerprint density at radius 3 is 2.37 bits per heavy atom. The molecule has 2 aromatic rings. The molecule has 27 heavy (non-hydrogen) atoms. The number of hydrazine groups is 1. The standard InChI is InChI=1S/C20H25N3O3S/c1-3-16-13-23(27(25,26)18-11-9-15(2)10-12-18)14-19(16)21-22-20(24)17-7-5-4-6-8-17/h4-12,16,19,21H,3,13-14H2,1-2H3,(H,22,24)/t16-,19+/m1/s1. The Kier molecular flexibility index (Phi) is 5.94. The zero-order valence-electron chi connectivity index (χ0n) is 15.6. The van der Waals surface area contributed by atoms with Gasteiger partial charge in [0, 0.05) is 24.7 Å². The first-order valence-corrected chi connectivity index (χ1v) is 10.5. The maximum absolute atomic E-state index is 12.9. The van der Waals surface area contributed by atoms with E-state index in [-0.39, 0.29) is 17.9 Å². The van der Waals surface area contributed by atoms with Crippen LogP contribution < -0.4 is 10.9 Å². The quantitative estimate of drug-likeness (QED) is 0.746. The largest absolute Gasteiger partial charge is 0.287 e. The van der Waals surface area contributed by atoms with Gasteiger partial charge in [0.25, 0.3) is 5.91 Å². The molecule has 0 aliphatic carbocycles. The summed E-state index contributed by atoms with van der Waals surface area (Å²) in [7, 11) is -3.54.